The van der Waals surface area contributed by atoms with Crippen LogP contribution in [0.2, 0.25) is 0 Å². The van der Waals surface area contributed by atoms with E-state index in [1.165, 1.54) is 0 Å². The smallest absolute Gasteiger partial charge is 0.240 e. The number of ether oxygens (including phenoxy) is 2. The van der Waals surface area contributed by atoms with Gasteiger partial charge in [0, 0.05) is 24.0 Å². The molecular weight excluding hydrogens is 516 g/mol. The lowest BCUT2D eigenvalue weighted by molar-refractivity contribution is -0.122. The maximum Gasteiger partial charge on any atom is 0.240 e. The molecule has 0 aromatic heterocycles. The summed E-state index contributed by atoms with van der Waals surface area (Å²) in [6, 6.07) is 34.6. The van der Waals surface area contributed by atoms with Crippen LogP contribution in [0.1, 0.15) is 41.5 Å². The highest BCUT2D eigenvalue weighted by Gasteiger charge is 2.06. The third-order valence-corrected chi connectivity index (χ3v) is 5.91. The molecule has 0 fully saturated rings. The Morgan fingerprint density at radius 1 is 0.561 bits per heavy atom. The molecule has 208 valence electrons. The minimum Gasteiger partial charge on any atom is -0.488 e. The molecule has 0 unspecified atom stereocenters. The van der Waals surface area contributed by atoms with Gasteiger partial charge >= 0.3 is 0 Å². The van der Waals surface area contributed by atoms with E-state index in [0.717, 1.165) is 22.3 Å². The second-order valence-corrected chi connectivity index (χ2v) is 9.06. The molecule has 41 heavy (non-hydrogen) atoms. The van der Waals surface area contributed by atoms with E-state index in [4.69, 9.17) is 9.47 Å². The molecule has 0 atom stereocenters. The Balaban J connectivity index is 1.16. The summed E-state index contributed by atoms with van der Waals surface area (Å²) in [7, 11) is 0. The quantitative estimate of drug-likeness (QED) is 0.158. The molecular formula is C33H32N4O4. The van der Waals surface area contributed by atoms with Crippen LogP contribution in [-0.2, 0) is 22.8 Å². The van der Waals surface area contributed by atoms with Crippen LogP contribution >= 0.6 is 0 Å². The predicted molar refractivity (Wildman–Crippen MR) is 160 cm³/mol. The average Bonchev–Trinajstić information content (AvgIpc) is 3.01. The molecule has 0 radical (unpaired) electrons. The van der Waals surface area contributed by atoms with Crippen LogP contribution in [0.25, 0.3) is 0 Å². The molecule has 2 amide bonds. The van der Waals surface area contributed by atoms with Gasteiger partial charge in [-0.15, -0.1) is 0 Å². The molecule has 4 aromatic rings. The summed E-state index contributed by atoms with van der Waals surface area (Å²) in [5.41, 5.74) is 8.60. The van der Waals surface area contributed by atoms with E-state index in [0.29, 0.717) is 31.1 Å². The van der Waals surface area contributed by atoms with Gasteiger partial charge < -0.3 is 9.47 Å². The second-order valence-electron chi connectivity index (χ2n) is 9.06. The molecule has 2 N–H and O–H groups in total. The molecule has 8 heteroatoms. The van der Waals surface area contributed by atoms with Crippen LogP contribution in [0, 0.1) is 0 Å². The monoisotopic (exact) mass is 548 g/mol. The topological polar surface area (TPSA) is 101 Å². The fourth-order valence-corrected chi connectivity index (χ4v) is 3.78. The van der Waals surface area contributed by atoms with Crippen LogP contribution in [0.5, 0.6) is 11.5 Å². The molecule has 4 aromatic carbocycles. The van der Waals surface area contributed by atoms with Crippen LogP contribution in [0.15, 0.2) is 119 Å². The lowest BCUT2D eigenvalue weighted by Crippen LogP contribution is -2.20. The summed E-state index contributed by atoms with van der Waals surface area (Å²) < 4.78 is 11.8. The van der Waals surface area contributed by atoms with Gasteiger partial charge in [-0.25, -0.2) is 10.9 Å². The number of rotatable bonds is 14. The number of nitrogens with one attached hydrogen (secondary N) is 2. The fourth-order valence-electron chi connectivity index (χ4n) is 3.78. The first kappa shape index (κ1) is 28.8. The van der Waals surface area contributed by atoms with Crippen molar-refractivity contribution in [3.63, 3.8) is 0 Å². The summed E-state index contributed by atoms with van der Waals surface area (Å²) in [4.78, 5) is 24.4. The molecule has 0 aliphatic carbocycles. The van der Waals surface area contributed by atoms with Crippen LogP contribution in [0.3, 0.4) is 0 Å². The number of benzene rings is 4. The van der Waals surface area contributed by atoms with Gasteiger partial charge in [-0.2, -0.15) is 10.2 Å². The van der Waals surface area contributed by atoms with Crippen molar-refractivity contribution in [2.75, 3.05) is 0 Å². The second kappa shape index (κ2) is 16.0. The maximum absolute atomic E-state index is 12.2. The number of para-hydroxylation sites is 2. The summed E-state index contributed by atoms with van der Waals surface area (Å²) in [5.74, 6) is 0.753. The highest BCUT2D eigenvalue weighted by atomic mass is 16.5. The number of carbonyl (C=O) groups excluding carboxylic acids is 2. The Labute approximate surface area is 239 Å². The largest absolute Gasteiger partial charge is 0.488 e. The Morgan fingerprint density at radius 3 is 1.39 bits per heavy atom. The molecule has 8 nitrogen and oxygen atoms in total. The van der Waals surface area contributed by atoms with Crippen LogP contribution in [0.4, 0.5) is 0 Å². The van der Waals surface area contributed by atoms with Crippen LogP contribution < -0.4 is 20.3 Å². The summed E-state index contributed by atoms with van der Waals surface area (Å²) >= 11 is 0. The minimum absolute atomic E-state index is 0.150. The van der Waals surface area contributed by atoms with Gasteiger partial charge in [-0.05, 0) is 41.8 Å². The number of amides is 2. The lowest BCUT2D eigenvalue weighted by atomic mass is 10.2. The zero-order valence-electron chi connectivity index (χ0n) is 22.6. The summed E-state index contributed by atoms with van der Waals surface area (Å²) in [5, 5.41) is 8.08. The SMILES string of the molecule is O=C(CCCC(=O)N/N=C\c1ccccc1OCc1ccccc1)N/N=C\c1ccccc1OCc1ccccc1. The zero-order valence-corrected chi connectivity index (χ0v) is 22.6. The fraction of sp³-hybridized carbons (Fsp3) is 0.152. The predicted octanol–water partition coefficient (Wildman–Crippen LogP) is 5.62. The van der Waals surface area contributed by atoms with E-state index in [-0.39, 0.29) is 24.7 Å². The average molecular weight is 549 g/mol. The number of hydrazone groups is 2. The van der Waals surface area contributed by atoms with Crippen LogP contribution in [-0.4, -0.2) is 24.2 Å². The number of hydrogen-bond donors (Lipinski definition) is 2. The van der Waals surface area contributed by atoms with Gasteiger partial charge in [-0.1, -0.05) is 84.9 Å². The summed E-state index contributed by atoms with van der Waals surface area (Å²) in [6.45, 7) is 0.859. The maximum atomic E-state index is 12.2. The molecule has 0 aliphatic heterocycles. The third kappa shape index (κ3) is 10.1. The van der Waals surface area contributed by atoms with Gasteiger partial charge in [0.15, 0.2) is 0 Å². The highest BCUT2D eigenvalue weighted by molar-refractivity contribution is 5.86. The summed E-state index contributed by atoms with van der Waals surface area (Å²) in [6.07, 6.45) is 3.74. The van der Waals surface area contributed by atoms with Crippen molar-refractivity contribution >= 4 is 24.2 Å². The first-order valence-corrected chi connectivity index (χ1v) is 13.3. The number of hydrogen-bond acceptors (Lipinski definition) is 6. The molecule has 0 heterocycles. The van der Waals surface area contributed by atoms with Gasteiger partial charge in [0.1, 0.15) is 24.7 Å². The van der Waals surface area contributed by atoms with Crippen molar-refractivity contribution < 1.29 is 19.1 Å². The normalized spacial score (nSPS) is 10.9. The van der Waals surface area contributed by atoms with Crippen molar-refractivity contribution in [2.24, 2.45) is 10.2 Å². The van der Waals surface area contributed by atoms with Crippen molar-refractivity contribution in [3.05, 3.63) is 131 Å². The number of nitrogens with zero attached hydrogens (tertiary/aromatic N) is 2. The van der Waals surface area contributed by atoms with E-state index in [9.17, 15) is 9.59 Å². The van der Waals surface area contributed by atoms with Gasteiger partial charge in [0.25, 0.3) is 0 Å². The van der Waals surface area contributed by atoms with E-state index in [2.05, 4.69) is 21.1 Å². The number of carbonyl (C=O) groups is 2. The Morgan fingerprint density at radius 2 is 0.951 bits per heavy atom. The first-order chi connectivity index (χ1) is 20.2. The van der Waals surface area contributed by atoms with E-state index >= 15 is 0 Å². The molecule has 0 saturated heterocycles. The highest BCUT2D eigenvalue weighted by Crippen LogP contribution is 2.18. The third-order valence-electron chi connectivity index (χ3n) is 5.91. The molecule has 0 bridgehead atoms. The lowest BCUT2D eigenvalue weighted by Gasteiger charge is -2.09. The molecule has 0 aliphatic rings. The van der Waals surface area contributed by atoms with Gasteiger partial charge in [0.2, 0.25) is 11.8 Å². The first-order valence-electron chi connectivity index (χ1n) is 13.3. The molecule has 0 saturated carbocycles. The van der Waals surface area contributed by atoms with E-state index in [1.54, 1.807) is 12.4 Å². The Bertz CT molecular complexity index is 1350. The van der Waals surface area contributed by atoms with Crippen molar-refractivity contribution in [3.8, 4) is 11.5 Å². The van der Waals surface area contributed by atoms with Gasteiger partial charge in [0.05, 0.1) is 12.4 Å². The van der Waals surface area contributed by atoms with E-state index < -0.39 is 0 Å². The zero-order chi connectivity index (χ0) is 28.5. The van der Waals surface area contributed by atoms with Crippen molar-refractivity contribution in [2.45, 2.75) is 32.5 Å². The molecule has 0 spiro atoms. The minimum atomic E-state index is -0.287. The Kier molecular flexibility index (Phi) is 11.2. The standard InChI is InChI=1S/C33H32N4O4/c38-32(36-34-22-28-16-7-9-18-30(28)40-24-26-12-3-1-4-13-26)20-11-21-33(39)37-35-23-29-17-8-10-19-31(29)41-25-27-14-5-2-6-15-27/h1-10,12-19,22-23H,11,20-21,24-25H2,(H,36,38)(H,37,39)/b34-22-,35-23-. The van der Waals surface area contributed by atoms with Crippen molar-refractivity contribution in [1.82, 2.24) is 10.9 Å². The molecule has 4 rings (SSSR count). The van der Waals surface area contributed by atoms with E-state index in [1.807, 2.05) is 109 Å². The van der Waals surface area contributed by atoms with Crippen molar-refractivity contribution in [1.29, 1.82) is 0 Å². The Hall–Kier alpha value is -5.24. The van der Waals surface area contributed by atoms with Gasteiger partial charge in [-0.3, -0.25) is 9.59 Å².